The molecular weight excluding hydrogens is 242 g/mol. The van der Waals surface area contributed by atoms with Crippen LogP contribution < -0.4 is 0 Å². The van der Waals surface area contributed by atoms with Gasteiger partial charge in [-0.3, -0.25) is 9.69 Å². The molecule has 1 N–H and O–H groups in total. The van der Waals surface area contributed by atoms with Gasteiger partial charge in [-0.15, -0.1) is 0 Å². The SMILES string of the molecule is O=C(O)[C@@H]1C[S+]([O-])CN1C(=O)c1ccccc1. The third-order valence-electron chi connectivity index (χ3n) is 2.57. The molecule has 1 unspecified atom stereocenters. The molecule has 1 heterocycles. The summed E-state index contributed by atoms with van der Waals surface area (Å²) in [5, 5.41) is 8.97. The highest BCUT2D eigenvalue weighted by Gasteiger charge is 2.42. The van der Waals surface area contributed by atoms with Gasteiger partial charge in [0.25, 0.3) is 5.91 Å². The largest absolute Gasteiger partial charge is 0.615 e. The second-order valence-electron chi connectivity index (χ2n) is 3.73. The Hall–Kier alpha value is -1.53. The second kappa shape index (κ2) is 4.77. The molecule has 0 bridgehead atoms. The number of nitrogens with zero attached hydrogens (tertiary/aromatic N) is 1. The molecule has 1 aromatic carbocycles. The fourth-order valence-electron chi connectivity index (χ4n) is 1.72. The summed E-state index contributed by atoms with van der Waals surface area (Å²) >= 11 is -1.27. The van der Waals surface area contributed by atoms with Gasteiger partial charge >= 0.3 is 5.97 Å². The average molecular weight is 253 g/mol. The highest BCUT2D eigenvalue weighted by atomic mass is 32.2. The van der Waals surface area contributed by atoms with E-state index in [0.29, 0.717) is 5.56 Å². The molecule has 1 saturated heterocycles. The Labute approximate surface area is 101 Å². The normalized spacial score (nSPS) is 23.7. The van der Waals surface area contributed by atoms with Crippen LogP contribution in [0.3, 0.4) is 0 Å². The van der Waals surface area contributed by atoms with E-state index < -0.39 is 23.2 Å². The molecule has 1 fully saturated rings. The van der Waals surface area contributed by atoms with Gasteiger partial charge in [-0.2, -0.15) is 0 Å². The fourth-order valence-corrected chi connectivity index (χ4v) is 3.10. The minimum atomic E-state index is -1.27. The van der Waals surface area contributed by atoms with Crippen molar-refractivity contribution in [1.29, 1.82) is 0 Å². The molecule has 0 aliphatic carbocycles. The predicted molar refractivity (Wildman–Crippen MR) is 61.9 cm³/mol. The maximum atomic E-state index is 12.0. The maximum Gasteiger partial charge on any atom is 0.331 e. The van der Waals surface area contributed by atoms with Crippen molar-refractivity contribution in [3.63, 3.8) is 0 Å². The molecule has 0 spiro atoms. The summed E-state index contributed by atoms with van der Waals surface area (Å²) in [5.41, 5.74) is 0.414. The Morgan fingerprint density at radius 2 is 2.00 bits per heavy atom. The predicted octanol–water partition coefficient (Wildman–Crippen LogP) is 0.302. The number of amides is 1. The highest BCUT2D eigenvalue weighted by molar-refractivity contribution is 7.91. The zero-order valence-corrected chi connectivity index (χ0v) is 9.72. The Bertz CT molecular complexity index is 436. The smallest absolute Gasteiger partial charge is 0.331 e. The first-order chi connectivity index (χ1) is 8.09. The van der Waals surface area contributed by atoms with E-state index in [-0.39, 0.29) is 17.5 Å². The van der Waals surface area contributed by atoms with E-state index in [2.05, 4.69) is 0 Å². The van der Waals surface area contributed by atoms with Crippen LogP contribution in [0.1, 0.15) is 10.4 Å². The van der Waals surface area contributed by atoms with E-state index >= 15 is 0 Å². The van der Waals surface area contributed by atoms with Gasteiger partial charge in [-0.1, -0.05) is 18.2 Å². The van der Waals surface area contributed by atoms with Crippen molar-refractivity contribution in [3.8, 4) is 0 Å². The Morgan fingerprint density at radius 3 is 2.59 bits per heavy atom. The highest BCUT2D eigenvalue weighted by Crippen LogP contribution is 2.19. The van der Waals surface area contributed by atoms with Crippen molar-refractivity contribution in [2.45, 2.75) is 6.04 Å². The molecule has 1 aromatic rings. The van der Waals surface area contributed by atoms with Crippen LogP contribution in [0.4, 0.5) is 0 Å². The number of hydrogen-bond donors (Lipinski definition) is 1. The van der Waals surface area contributed by atoms with Gasteiger partial charge in [0.15, 0.2) is 11.9 Å². The molecule has 90 valence electrons. The number of carboxylic acids is 1. The molecule has 5 nitrogen and oxygen atoms in total. The minimum Gasteiger partial charge on any atom is -0.615 e. The summed E-state index contributed by atoms with van der Waals surface area (Å²) in [7, 11) is 0. The van der Waals surface area contributed by atoms with E-state index in [1.54, 1.807) is 30.3 Å². The van der Waals surface area contributed by atoms with E-state index in [1.165, 1.54) is 0 Å². The first-order valence-corrected chi connectivity index (χ1v) is 6.52. The van der Waals surface area contributed by atoms with Crippen molar-refractivity contribution < 1.29 is 19.2 Å². The summed E-state index contributed by atoms with van der Waals surface area (Å²) in [6.45, 7) is 0. The lowest BCUT2D eigenvalue weighted by Crippen LogP contribution is -2.41. The fraction of sp³-hybridized carbons (Fsp3) is 0.273. The van der Waals surface area contributed by atoms with E-state index in [4.69, 9.17) is 5.11 Å². The molecule has 2 atom stereocenters. The number of benzene rings is 1. The van der Waals surface area contributed by atoms with Gasteiger partial charge in [0, 0.05) is 5.56 Å². The van der Waals surface area contributed by atoms with Gasteiger partial charge in [0.2, 0.25) is 0 Å². The standard InChI is InChI=1S/C11H11NO4S/c13-10(8-4-2-1-3-5-8)12-7-17(16)6-9(12)11(14)15/h1-5,9H,6-7H2,(H,14,15)/t9-,17?/m0/s1. The van der Waals surface area contributed by atoms with Crippen molar-refractivity contribution in [2.24, 2.45) is 0 Å². The van der Waals surface area contributed by atoms with Crippen molar-refractivity contribution in [2.75, 3.05) is 11.6 Å². The van der Waals surface area contributed by atoms with Crippen LogP contribution in [0.25, 0.3) is 0 Å². The van der Waals surface area contributed by atoms with Gasteiger partial charge in [0.05, 0.1) is 0 Å². The van der Waals surface area contributed by atoms with Gasteiger partial charge in [-0.05, 0) is 23.3 Å². The number of carbonyl (C=O) groups is 2. The minimum absolute atomic E-state index is 0.00784. The van der Waals surface area contributed by atoms with Crippen LogP contribution in [0.5, 0.6) is 0 Å². The average Bonchev–Trinajstić information content (AvgIpc) is 2.72. The molecular formula is C11H11NO4S. The lowest BCUT2D eigenvalue weighted by molar-refractivity contribution is -0.140. The van der Waals surface area contributed by atoms with Crippen LogP contribution in [-0.4, -0.2) is 44.1 Å². The number of carbonyl (C=O) groups excluding carboxylic acids is 1. The lowest BCUT2D eigenvalue weighted by Gasteiger charge is -2.17. The lowest BCUT2D eigenvalue weighted by atomic mass is 10.2. The molecule has 17 heavy (non-hydrogen) atoms. The molecule has 0 aromatic heterocycles. The molecule has 2 rings (SSSR count). The Balaban J connectivity index is 2.22. The number of carboxylic acid groups (broad SMARTS) is 1. The van der Waals surface area contributed by atoms with Crippen LogP contribution in [-0.2, 0) is 16.0 Å². The Kier molecular flexibility index (Phi) is 3.35. The van der Waals surface area contributed by atoms with Gasteiger partial charge in [-0.25, -0.2) is 4.79 Å². The zero-order chi connectivity index (χ0) is 12.4. The quantitative estimate of drug-likeness (QED) is 0.769. The van der Waals surface area contributed by atoms with Crippen molar-refractivity contribution in [1.82, 2.24) is 4.90 Å². The summed E-state index contributed by atoms with van der Waals surface area (Å²) in [6.07, 6.45) is 0. The summed E-state index contributed by atoms with van der Waals surface area (Å²) in [6, 6.07) is 7.42. The van der Waals surface area contributed by atoms with Crippen LogP contribution >= 0.6 is 0 Å². The topological polar surface area (TPSA) is 80.7 Å². The van der Waals surface area contributed by atoms with Crippen LogP contribution in [0.2, 0.25) is 0 Å². The molecule has 0 saturated carbocycles. The van der Waals surface area contributed by atoms with Gasteiger partial charge < -0.3 is 9.66 Å². The van der Waals surface area contributed by atoms with Gasteiger partial charge in [0.1, 0.15) is 5.75 Å². The third-order valence-corrected chi connectivity index (χ3v) is 3.82. The molecule has 1 aliphatic rings. The third kappa shape index (κ3) is 2.42. The summed E-state index contributed by atoms with van der Waals surface area (Å²) in [5.74, 6) is -1.50. The monoisotopic (exact) mass is 253 g/mol. The molecule has 1 aliphatic heterocycles. The maximum absolute atomic E-state index is 12.0. The van der Waals surface area contributed by atoms with E-state index in [9.17, 15) is 14.1 Å². The number of rotatable bonds is 2. The van der Waals surface area contributed by atoms with E-state index in [1.807, 2.05) is 0 Å². The first-order valence-electron chi connectivity index (χ1n) is 5.03. The zero-order valence-electron chi connectivity index (χ0n) is 8.91. The molecule has 6 heteroatoms. The second-order valence-corrected chi connectivity index (χ2v) is 5.20. The van der Waals surface area contributed by atoms with Crippen LogP contribution in [0, 0.1) is 0 Å². The van der Waals surface area contributed by atoms with Crippen molar-refractivity contribution in [3.05, 3.63) is 35.9 Å². The number of aliphatic carboxylic acids is 1. The first kappa shape index (κ1) is 11.9. The van der Waals surface area contributed by atoms with E-state index in [0.717, 1.165) is 4.90 Å². The van der Waals surface area contributed by atoms with Crippen LogP contribution in [0.15, 0.2) is 30.3 Å². The van der Waals surface area contributed by atoms with Crippen molar-refractivity contribution >= 4 is 23.1 Å². The Morgan fingerprint density at radius 1 is 1.35 bits per heavy atom. The summed E-state index contributed by atoms with van der Waals surface area (Å²) in [4.78, 5) is 24.2. The number of hydrogen-bond acceptors (Lipinski definition) is 3. The molecule has 0 radical (unpaired) electrons. The summed E-state index contributed by atoms with van der Waals surface area (Å²) < 4.78 is 11.4. The molecule has 1 amide bonds.